The lowest BCUT2D eigenvalue weighted by atomic mass is 9.97. The zero-order valence-electron chi connectivity index (χ0n) is 20.0. The summed E-state index contributed by atoms with van der Waals surface area (Å²) in [6.07, 6.45) is -2.91. The molecule has 8 nitrogen and oxygen atoms in total. The molecule has 0 saturated carbocycles. The second kappa shape index (κ2) is 11.3. The third-order valence-corrected chi connectivity index (χ3v) is 8.71. The number of halogens is 5. The van der Waals surface area contributed by atoms with Crippen molar-refractivity contribution in [3.05, 3.63) is 69.6 Å². The Hall–Kier alpha value is -1.90. The van der Waals surface area contributed by atoms with E-state index in [2.05, 4.69) is 10.3 Å². The van der Waals surface area contributed by atoms with E-state index in [-0.39, 0.29) is 21.3 Å². The molecule has 0 bridgehead atoms. The van der Waals surface area contributed by atoms with Crippen LogP contribution in [-0.2, 0) is 4.74 Å². The third kappa shape index (κ3) is 5.68. The summed E-state index contributed by atoms with van der Waals surface area (Å²) in [6.45, 7) is 2.46. The van der Waals surface area contributed by atoms with Gasteiger partial charge < -0.3 is 25.2 Å². The first kappa shape index (κ1) is 29.1. The van der Waals surface area contributed by atoms with Crippen LogP contribution in [0.15, 0.2) is 36.5 Å². The van der Waals surface area contributed by atoms with Crippen LogP contribution >= 0.6 is 35.0 Å². The van der Waals surface area contributed by atoms with E-state index < -0.39 is 64.7 Å². The first-order chi connectivity index (χ1) is 17.8. The highest BCUT2D eigenvalue weighted by Crippen LogP contribution is 2.48. The van der Waals surface area contributed by atoms with Crippen LogP contribution in [-0.4, -0.2) is 71.4 Å². The Kier molecular flexibility index (Phi) is 8.65. The minimum Gasteiger partial charge on any atom is -0.394 e. The highest BCUT2D eigenvalue weighted by Gasteiger charge is 2.48. The third-order valence-electron chi connectivity index (χ3n) is 6.12. The smallest absolute Gasteiger partial charge is 0.194 e. The summed E-state index contributed by atoms with van der Waals surface area (Å²) in [7, 11) is 0. The van der Waals surface area contributed by atoms with Crippen molar-refractivity contribution in [3.63, 3.8) is 0 Å². The van der Waals surface area contributed by atoms with E-state index in [9.17, 15) is 33.6 Å². The molecule has 0 aliphatic carbocycles. The Labute approximate surface area is 230 Å². The fraction of sp³-hybridized carbons (Fsp3) is 0.417. The van der Waals surface area contributed by atoms with Gasteiger partial charge in [0.1, 0.15) is 35.5 Å². The number of aliphatic hydroxyl groups is 4. The number of hydrogen-bond acceptors (Lipinski definition) is 8. The Balaban J connectivity index is 1.68. The molecule has 1 saturated heterocycles. The number of rotatable bonds is 7. The van der Waals surface area contributed by atoms with Crippen LogP contribution in [0.2, 0.25) is 10.0 Å². The summed E-state index contributed by atoms with van der Waals surface area (Å²) in [4.78, 5) is 0. The highest BCUT2D eigenvalue weighted by molar-refractivity contribution is 8.00. The molecule has 4 N–H and O–H groups in total. The van der Waals surface area contributed by atoms with E-state index in [1.54, 1.807) is 18.2 Å². The van der Waals surface area contributed by atoms with Crippen molar-refractivity contribution in [3.8, 4) is 11.3 Å². The molecule has 38 heavy (non-hydrogen) atoms. The van der Waals surface area contributed by atoms with Crippen LogP contribution in [0.25, 0.3) is 11.3 Å². The van der Waals surface area contributed by atoms with Crippen molar-refractivity contribution in [2.75, 3.05) is 6.61 Å². The number of aromatic nitrogens is 3. The summed E-state index contributed by atoms with van der Waals surface area (Å²) in [5.41, 5.74) is -2.22. The summed E-state index contributed by atoms with van der Waals surface area (Å²) >= 11 is 13.6. The Morgan fingerprint density at radius 1 is 1.13 bits per heavy atom. The summed E-state index contributed by atoms with van der Waals surface area (Å²) in [5.74, 6) is -4.48. The van der Waals surface area contributed by atoms with Gasteiger partial charge in [-0.05, 0) is 37.6 Å². The van der Waals surface area contributed by atoms with Gasteiger partial charge in [-0.2, -0.15) is 0 Å². The molecule has 206 valence electrons. The van der Waals surface area contributed by atoms with Gasteiger partial charge in [-0.25, -0.2) is 17.9 Å². The molecule has 3 aromatic rings. The molecular weight excluding hydrogens is 570 g/mol. The second-order valence-electron chi connectivity index (χ2n) is 9.35. The van der Waals surface area contributed by atoms with Crippen molar-refractivity contribution in [1.82, 2.24) is 15.0 Å². The Morgan fingerprint density at radius 3 is 2.39 bits per heavy atom. The van der Waals surface area contributed by atoms with E-state index in [0.717, 1.165) is 28.6 Å². The maximum atomic E-state index is 13.7. The zero-order valence-corrected chi connectivity index (χ0v) is 22.3. The van der Waals surface area contributed by atoms with E-state index in [1.165, 1.54) is 20.0 Å². The van der Waals surface area contributed by atoms with Crippen molar-refractivity contribution in [2.45, 2.75) is 54.5 Å². The lowest BCUT2D eigenvalue weighted by molar-refractivity contribution is -0.178. The number of nitrogens with zero attached hydrogens (tertiary/aromatic N) is 3. The van der Waals surface area contributed by atoms with Crippen molar-refractivity contribution in [2.24, 2.45) is 0 Å². The summed E-state index contributed by atoms with van der Waals surface area (Å²) in [5, 5.41) is 50.4. The topological polar surface area (TPSA) is 121 Å². The lowest BCUT2D eigenvalue weighted by Crippen LogP contribution is -2.55. The minimum atomic E-state index is -1.64. The number of hydrogen-bond donors (Lipinski definition) is 4. The van der Waals surface area contributed by atoms with Gasteiger partial charge in [0.2, 0.25) is 0 Å². The van der Waals surface area contributed by atoms with Gasteiger partial charge in [0.05, 0.1) is 33.7 Å². The van der Waals surface area contributed by atoms with Gasteiger partial charge in [0, 0.05) is 5.56 Å². The normalized spacial score (nSPS) is 25.0. The predicted molar refractivity (Wildman–Crippen MR) is 135 cm³/mol. The van der Waals surface area contributed by atoms with Crippen molar-refractivity contribution < 1.29 is 38.3 Å². The van der Waals surface area contributed by atoms with Crippen molar-refractivity contribution >= 4 is 35.0 Å². The number of ether oxygens (including phenoxy) is 1. The maximum absolute atomic E-state index is 13.7. The zero-order chi connectivity index (χ0) is 27.9. The van der Waals surface area contributed by atoms with Gasteiger partial charge in [0.25, 0.3) is 0 Å². The minimum absolute atomic E-state index is 0.0569. The van der Waals surface area contributed by atoms with Gasteiger partial charge in [-0.3, -0.25) is 0 Å². The molecule has 4 rings (SSSR count). The van der Waals surface area contributed by atoms with Crippen LogP contribution in [0.3, 0.4) is 0 Å². The first-order valence-electron chi connectivity index (χ1n) is 11.3. The van der Waals surface area contributed by atoms with Crippen LogP contribution < -0.4 is 0 Å². The van der Waals surface area contributed by atoms with Gasteiger partial charge in [0.15, 0.2) is 17.5 Å². The fourth-order valence-electron chi connectivity index (χ4n) is 4.23. The van der Waals surface area contributed by atoms with Gasteiger partial charge in [-0.1, -0.05) is 40.5 Å². The average Bonchev–Trinajstić information content (AvgIpc) is 3.33. The number of aliphatic hydroxyl groups excluding tert-OH is 3. The molecular formula is C24H24Cl2F3N3O5S. The maximum Gasteiger partial charge on any atom is 0.194 e. The fourth-order valence-corrected chi connectivity index (χ4v) is 6.18. The first-order valence-corrected chi connectivity index (χ1v) is 13.0. The standard InChI is InChI=1S/C24H24Cl2F3N3O5S/c1-24(2,36)22(11-4-3-5-12(25)17(11)26)38-23-21(35)19(20(34)16(9-33)37-23)32-8-15(30-31-32)10-6-13(27)18(29)14(28)7-10/h3-8,16,19-23,33-36H,9H2,1-2H3/t16-,19+,20+,21-,22?,23+/m1/s1. The van der Waals surface area contributed by atoms with E-state index >= 15 is 0 Å². The molecule has 0 radical (unpaired) electrons. The molecule has 14 heteroatoms. The molecule has 1 aliphatic rings. The largest absolute Gasteiger partial charge is 0.394 e. The predicted octanol–water partition coefficient (Wildman–Crippen LogP) is 3.89. The Morgan fingerprint density at radius 2 is 1.79 bits per heavy atom. The number of benzene rings is 2. The van der Waals surface area contributed by atoms with Gasteiger partial charge in [-0.15, -0.1) is 16.9 Å². The molecule has 0 amide bonds. The molecule has 1 aromatic heterocycles. The van der Waals surface area contributed by atoms with Crippen molar-refractivity contribution in [1.29, 1.82) is 0 Å². The molecule has 2 heterocycles. The van der Waals surface area contributed by atoms with Crippen LogP contribution in [0.5, 0.6) is 0 Å². The van der Waals surface area contributed by atoms with E-state index in [0.29, 0.717) is 5.56 Å². The quantitative estimate of drug-likeness (QED) is 0.304. The summed E-state index contributed by atoms with van der Waals surface area (Å²) in [6, 6.07) is 5.15. The van der Waals surface area contributed by atoms with E-state index in [4.69, 9.17) is 27.9 Å². The average molecular weight is 594 g/mol. The molecule has 1 fully saturated rings. The molecule has 1 unspecified atom stereocenters. The molecule has 0 spiro atoms. The summed E-state index contributed by atoms with van der Waals surface area (Å²) < 4.78 is 47.7. The lowest BCUT2D eigenvalue weighted by Gasteiger charge is -2.44. The second-order valence-corrected chi connectivity index (χ2v) is 11.3. The van der Waals surface area contributed by atoms with E-state index in [1.807, 2.05) is 0 Å². The number of thioether (sulfide) groups is 1. The monoisotopic (exact) mass is 593 g/mol. The highest BCUT2D eigenvalue weighted by atomic mass is 35.5. The van der Waals surface area contributed by atoms with Crippen LogP contribution in [0.1, 0.15) is 30.7 Å². The Bertz CT molecular complexity index is 1290. The van der Waals surface area contributed by atoms with Gasteiger partial charge >= 0.3 is 0 Å². The SMILES string of the molecule is CC(C)(O)C(S[C@@H]1O[C@H](CO)[C@H](O)[C@H](n2cc(-c3cc(F)c(F)c(F)c3)nn2)[C@H]1O)c1cccc(Cl)c1Cl. The molecule has 6 atom stereocenters. The van der Waals surface area contributed by atoms with Crippen LogP contribution in [0.4, 0.5) is 13.2 Å². The molecule has 1 aliphatic heterocycles. The molecule has 2 aromatic carbocycles. The van der Waals surface area contributed by atoms with Crippen LogP contribution in [0, 0.1) is 17.5 Å².